The summed E-state index contributed by atoms with van der Waals surface area (Å²) in [5.41, 5.74) is 0.426. The zero-order valence-electron chi connectivity index (χ0n) is 9.10. The summed E-state index contributed by atoms with van der Waals surface area (Å²) in [4.78, 5) is 0. The summed E-state index contributed by atoms with van der Waals surface area (Å²) in [6, 6.07) is 3.51. The van der Waals surface area contributed by atoms with Gasteiger partial charge in [0.05, 0.1) is 11.7 Å². The van der Waals surface area contributed by atoms with E-state index in [4.69, 9.17) is 5.11 Å². The van der Waals surface area contributed by atoms with Crippen molar-refractivity contribution in [1.82, 2.24) is 0 Å². The molecule has 0 spiro atoms. The molecule has 0 aliphatic heterocycles. The quantitative estimate of drug-likeness (QED) is 0.841. The first-order chi connectivity index (χ1) is 7.30. The van der Waals surface area contributed by atoms with E-state index >= 15 is 0 Å². The molecule has 1 aromatic carbocycles. The van der Waals surface area contributed by atoms with Crippen LogP contribution in [0.25, 0.3) is 0 Å². The molecule has 0 aliphatic carbocycles. The Labute approximate surface area is 92.1 Å². The van der Waals surface area contributed by atoms with E-state index in [2.05, 4.69) is 5.32 Å². The van der Waals surface area contributed by atoms with Crippen LogP contribution in [0.15, 0.2) is 18.2 Å². The maximum Gasteiger partial charge on any atom is 0.416 e. The molecule has 2 nitrogen and oxygen atoms in total. The van der Waals surface area contributed by atoms with Crippen LogP contribution in [0.4, 0.5) is 18.9 Å². The van der Waals surface area contributed by atoms with Gasteiger partial charge in [-0.1, -0.05) is 6.07 Å². The zero-order valence-corrected chi connectivity index (χ0v) is 9.10. The highest BCUT2D eigenvalue weighted by atomic mass is 19.4. The maximum absolute atomic E-state index is 12.4. The molecule has 1 atom stereocenters. The number of nitrogens with one attached hydrogen (secondary N) is 1. The van der Waals surface area contributed by atoms with Gasteiger partial charge in [0, 0.05) is 12.2 Å². The van der Waals surface area contributed by atoms with Gasteiger partial charge in [0.25, 0.3) is 0 Å². The Morgan fingerprint density at radius 2 is 2.00 bits per heavy atom. The second-order valence-corrected chi connectivity index (χ2v) is 3.76. The second kappa shape index (κ2) is 4.74. The molecule has 1 aromatic rings. The van der Waals surface area contributed by atoms with E-state index in [0.29, 0.717) is 11.3 Å². The molecule has 0 fully saturated rings. The van der Waals surface area contributed by atoms with Gasteiger partial charge in [-0.25, -0.2) is 0 Å². The fourth-order valence-corrected chi connectivity index (χ4v) is 1.25. The SMILES string of the molecule is Cc1ccc(C(F)(F)F)cc1NCC(C)O. The summed E-state index contributed by atoms with van der Waals surface area (Å²) in [7, 11) is 0. The van der Waals surface area contributed by atoms with Crippen molar-refractivity contribution in [1.29, 1.82) is 0 Å². The lowest BCUT2D eigenvalue weighted by Crippen LogP contribution is -2.16. The average molecular weight is 233 g/mol. The fraction of sp³-hybridized carbons (Fsp3) is 0.455. The minimum absolute atomic E-state index is 0.224. The smallest absolute Gasteiger partial charge is 0.392 e. The Kier molecular flexibility index (Phi) is 3.80. The molecule has 0 bridgehead atoms. The number of aliphatic hydroxyl groups is 1. The summed E-state index contributed by atoms with van der Waals surface area (Å²) >= 11 is 0. The van der Waals surface area contributed by atoms with Crippen molar-refractivity contribution in [2.75, 3.05) is 11.9 Å². The maximum atomic E-state index is 12.4. The van der Waals surface area contributed by atoms with Crippen LogP contribution in [0.2, 0.25) is 0 Å². The molecule has 0 saturated heterocycles. The van der Waals surface area contributed by atoms with Crippen LogP contribution >= 0.6 is 0 Å². The predicted octanol–water partition coefficient (Wildman–Crippen LogP) is 2.81. The minimum atomic E-state index is -4.34. The van der Waals surface area contributed by atoms with Crippen LogP contribution in [-0.4, -0.2) is 17.8 Å². The van der Waals surface area contributed by atoms with Crippen LogP contribution in [0.1, 0.15) is 18.1 Å². The first-order valence-electron chi connectivity index (χ1n) is 4.90. The highest BCUT2D eigenvalue weighted by Gasteiger charge is 2.30. The van der Waals surface area contributed by atoms with Crippen molar-refractivity contribution in [3.8, 4) is 0 Å². The van der Waals surface area contributed by atoms with Gasteiger partial charge in [0.2, 0.25) is 0 Å². The number of aryl methyl sites for hydroxylation is 1. The third-order valence-corrected chi connectivity index (χ3v) is 2.15. The van der Waals surface area contributed by atoms with Crippen molar-refractivity contribution >= 4 is 5.69 Å². The summed E-state index contributed by atoms with van der Waals surface area (Å²) in [5, 5.41) is 11.8. The van der Waals surface area contributed by atoms with E-state index in [1.54, 1.807) is 13.8 Å². The van der Waals surface area contributed by atoms with Crippen LogP contribution in [-0.2, 0) is 6.18 Å². The predicted molar refractivity (Wildman–Crippen MR) is 56.4 cm³/mol. The van der Waals surface area contributed by atoms with E-state index in [9.17, 15) is 13.2 Å². The molecule has 16 heavy (non-hydrogen) atoms. The van der Waals surface area contributed by atoms with E-state index < -0.39 is 17.8 Å². The highest BCUT2D eigenvalue weighted by molar-refractivity contribution is 5.53. The van der Waals surface area contributed by atoms with Crippen LogP contribution in [0, 0.1) is 6.92 Å². The van der Waals surface area contributed by atoms with Crippen molar-refractivity contribution in [2.24, 2.45) is 0 Å². The largest absolute Gasteiger partial charge is 0.416 e. The van der Waals surface area contributed by atoms with Crippen LogP contribution in [0.5, 0.6) is 0 Å². The molecule has 1 unspecified atom stereocenters. The first kappa shape index (κ1) is 12.8. The normalized spacial score (nSPS) is 13.6. The molecule has 5 heteroatoms. The molecule has 0 amide bonds. The molecule has 0 radical (unpaired) electrons. The minimum Gasteiger partial charge on any atom is -0.392 e. The van der Waals surface area contributed by atoms with Crippen molar-refractivity contribution < 1.29 is 18.3 Å². The number of hydrogen-bond donors (Lipinski definition) is 2. The lowest BCUT2D eigenvalue weighted by Gasteiger charge is -2.14. The molecule has 90 valence electrons. The Morgan fingerprint density at radius 1 is 1.38 bits per heavy atom. The number of benzene rings is 1. The van der Waals surface area contributed by atoms with Crippen molar-refractivity contribution in [3.05, 3.63) is 29.3 Å². The van der Waals surface area contributed by atoms with Crippen LogP contribution in [0.3, 0.4) is 0 Å². The molecule has 0 aliphatic rings. The second-order valence-electron chi connectivity index (χ2n) is 3.76. The third kappa shape index (κ3) is 3.41. The molecule has 2 N–H and O–H groups in total. The third-order valence-electron chi connectivity index (χ3n) is 2.15. The molecule has 1 rings (SSSR count). The summed E-state index contributed by atoms with van der Waals surface area (Å²) in [6.07, 6.45) is -4.94. The van der Waals surface area contributed by atoms with E-state index in [1.165, 1.54) is 6.07 Å². The Balaban J connectivity index is 2.91. The number of halogens is 3. The lowest BCUT2D eigenvalue weighted by molar-refractivity contribution is -0.137. The molecule has 0 aromatic heterocycles. The monoisotopic (exact) mass is 233 g/mol. The van der Waals surface area contributed by atoms with Crippen molar-refractivity contribution in [2.45, 2.75) is 26.1 Å². The van der Waals surface area contributed by atoms with Crippen LogP contribution < -0.4 is 5.32 Å². The first-order valence-corrected chi connectivity index (χ1v) is 4.90. The summed E-state index contributed by atoms with van der Waals surface area (Å²) in [5.74, 6) is 0. The number of hydrogen-bond acceptors (Lipinski definition) is 2. The van der Waals surface area contributed by atoms with Gasteiger partial charge in [-0.15, -0.1) is 0 Å². The topological polar surface area (TPSA) is 32.3 Å². The molecule has 0 saturated carbocycles. The Hall–Kier alpha value is -1.23. The number of rotatable bonds is 3. The Bertz CT molecular complexity index is 361. The Morgan fingerprint density at radius 3 is 2.50 bits per heavy atom. The van der Waals surface area contributed by atoms with Gasteiger partial charge >= 0.3 is 6.18 Å². The lowest BCUT2D eigenvalue weighted by atomic mass is 10.1. The van der Waals surface area contributed by atoms with Gasteiger partial charge < -0.3 is 10.4 Å². The zero-order chi connectivity index (χ0) is 12.3. The van der Waals surface area contributed by atoms with Gasteiger partial charge in [0.1, 0.15) is 0 Å². The average Bonchev–Trinajstić information content (AvgIpc) is 2.14. The molecule has 0 heterocycles. The van der Waals surface area contributed by atoms with E-state index in [1.807, 2.05) is 0 Å². The van der Waals surface area contributed by atoms with E-state index in [0.717, 1.165) is 12.1 Å². The molecular weight excluding hydrogens is 219 g/mol. The van der Waals surface area contributed by atoms with Gasteiger partial charge in [-0.3, -0.25) is 0 Å². The summed E-state index contributed by atoms with van der Waals surface area (Å²) in [6.45, 7) is 3.50. The number of anilines is 1. The van der Waals surface area contributed by atoms with E-state index in [-0.39, 0.29) is 6.54 Å². The van der Waals surface area contributed by atoms with Gasteiger partial charge in [-0.2, -0.15) is 13.2 Å². The fourth-order valence-electron chi connectivity index (χ4n) is 1.25. The summed E-state index contributed by atoms with van der Waals surface area (Å²) < 4.78 is 37.3. The number of alkyl halides is 3. The van der Waals surface area contributed by atoms with Gasteiger partial charge in [-0.05, 0) is 31.5 Å². The van der Waals surface area contributed by atoms with Gasteiger partial charge in [0.15, 0.2) is 0 Å². The molecular formula is C11H14F3NO. The standard InChI is InChI=1S/C11H14F3NO/c1-7-3-4-9(11(12,13)14)5-10(7)15-6-8(2)16/h3-5,8,15-16H,6H2,1-2H3. The van der Waals surface area contributed by atoms with Crippen molar-refractivity contribution in [3.63, 3.8) is 0 Å². The highest BCUT2D eigenvalue weighted by Crippen LogP contribution is 2.31. The number of aliphatic hydroxyl groups excluding tert-OH is 1.